The van der Waals surface area contributed by atoms with Crippen LogP contribution in [0.1, 0.15) is 15.9 Å². The van der Waals surface area contributed by atoms with Gasteiger partial charge in [-0.1, -0.05) is 48.5 Å². The summed E-state index contributed by atoms with van der Waals surface area (Å²) in [6, 6.07) is 21.9. The van der Waals surface area contributed by atoms with Crippen molar-refractivity contribution in [2.45, 2.75) is 23.6 Å². The molecule has 0 aliphatic carbocycles. The molecule has 0 bridgehead atoms. The summed E-state index contributed by atoms with van der Waals surface area (Å²) in [5, 5.41) is 13.5. The Balaban J connectivity index is 1.74. The molecule has 39 heavy (non-hydrogen) atoms. The fourth-order valence-corrected chi connectivity index (χ4v) is 4.91. The van der Waals surface area contributed by atoms with Crippen LogP contribution >= 0.6 is 11.8 Å². The van der Waals surface area contributed by atoms with Crippen LogP contribution in [0.15, 0.2) is 89.8 Å². The number of hydrogen-bond acceptors (Lipinski definition) is 10. The summed E-state index contributed by atoms with van der Waals surface area (Å²) in [6.45, 7) is -0.556. The highest BCUT2D eigenvalue weighted by atomic mass is 32.2. The molecule has 206 valence electrons. The Labute approximate surface area is 229 Å². The lowest BCUT2D eigenvalue weighted by Gasteiger charge is -2.26. The number of rotatable bonds is 13. The zero-order chi connectivity index (χ0) is 28.3. The van der Waals surface area contributed by atoms with Crippen LogP contribution in [0.4, 0.5) is 10.5 Å². The number of ether oxygens (including phenoxy) is 2. The molecule has 0 radical (unpaired) electrons. The maximum atomic E-state index is 12.6. The van der Waals surface area contributed by atoms with Gasteiger partial charge in [0.05, 0.1) is 22.8 Å². The summed E-state index contributed by atoms with van der Waals surface area (Å²) >= 11 is 1.32. The van der Waals surface area contributed by atoms with Crippen LogP contribution in [0.5, 0.6) is 0 Å². The molecule has 3 aromatic carbocycles. The molecule has 0 fully saturated rings. The lowest BCUT2D eigenvalue weighted by Crippen LogP contribution is -2.49. The third-order valence-corrected chi connectivity index (χ3v) is 6.86. The molecular formula is C26H26N2O9S2. The molecule has 13 heteroatoms. The normalized spacial score (nSPS) is 12.6. The molecule has 0 saturated heterocycles. The molecule has 0 spiro atoms. The SMILES string of the molecule is CS(=O)(=O)OC(COC(=O)c1ccc([N+](=O)[O-])cc1)[C@H](CSc1ccccc1)NC(=O)OCc1ccccc1. The second-order valence-corrected chi connectivity index (χ2v) is 10.9. The Morgan fingerprint density at radius 1 is 0.949 bits per heavy atom. The van der Waals surface area contributed by atoms with E-state index in [2.05, 4.69) is 5.32 Å². The predicted molar refractivity (Wildman–Crippen MR) is 144 cm³/mol. The third kappa shape index (κ3) is 10.4. The lowest BCUT2D eigenvalue weighted by atomic mass is 10.2. The summed E-state index contributed by atoms with van der Waals surface area (Å²) < 4.78 is 39.9. The highest BCUT2D eigenvalue weighted by Crippen LogP contribution is 2.21. The van der Waals surface area contributed by atoms with Crippen molar-refractivity contribution in [1.82, 2.24) is 5.32 Å². The van der Waals surface area contributed by atoms with Gasteiger partial charge in [-0.15, -0.1) is 11.8 Å². The minimum Gasteiger partial charge on any atom is -0.459 e. The molecule has 0 saturated carbocycles. The van der Waals surface area contributed by atoms with E-state index in [0.29, 0.717) is 0 Å². The predicted octanol–water partition coefficient (Wildman–Crippen LogP) is 4.18. The van der Waals surface area contributed by atoms with Crippen molar-refractivity contribution >= 4 is 39.6 Å². The fourth-order valence-electron chi connectivity index (χ4n) is 3.26. The Bertz CT molecular complexity index is 1350. The van der Waals surface area contributed by atoms with Gasteiger partial charge in [0.15, 0.2) is 0 Å². The minimum atomic E-state index is -4.04. The van der Waals surface area contributed by atoms with Gasteiger partial charge in [-0.05, 0) is 29.8 Å². The van der Waals surface area contributed by atoms with E-state index < -0.39 is 45.9 Å². The van der Waals surface area contributed by atoms with E-state index in [1.165, 1.54) is 23.9 Å². The van der Waals surface area contributed by atoms with E-state index in [9.17, 15) is 28.1 Å². The van der Waals surface area contributed by atoms with E-state index >= 15 is 0 Å². The third-order valence-electron chi connectivity index (χ3n) is 5.13. The fraction of sp³-hybridized carbons (Fsp3) is 0.231. The summed E-state index contributed by atoms with van der Waals surface area (Å²) in [5.74, 6) is -0.701. The molecule has 0 aliphatic heterocycles. The smallest absolute Gasteiger partial charge is 0.407 e. The Morgan fingerprint density at radius 2 is 1.56 bits per heavy atom. The number of amides is 1. The molecule has 0 aromatic heterocycles. The van der Waals surface area contributed by atoms with Gasteiger partial charge in [0, 0.05) is 22.8 Å². The first kappa shape index (κ1) is 29.6. The number of nitrogens with one attached hydrogen (secondary N) is 1. The maximum absolute atomic E-state index is 12.6. The second kappa shape index (κ2) is 14.3. The van der Waals surface area contributed by atoms with Crippen molar-refractivity contribution in [3.05, 3.63) is 106 Å². The van der Waals surface area contributed by atoms with E-state index in [-0.39, 0.29) is 23.6 Å². The summed E-state index contributed by atoms with van der Waals surface area (Å²) in [7, 11) is -4.04. The van der Waals surface area contributed by atoms with Gasteiger partial charge in [-0.25, -0.2) is 9.59 Å². The van der Waals surface area contributed by atoms with Crippen molar-refractivity contribution in [3.8, 4) is 0 Å². The molecule has 2 atom stereocenters. The van der Waals surface area contributed by atoms with E-state index in [1.807, 2.05) is 36.4 Å². The van der Waals surface area contributed by atoms with Crippen LogP contribution in [0.2, 0.25) is 0 Å². The average Bonchev–Trinajstić information content (AvgIpc) is 2.92. The van der Waals surface area contributed by atoms with E-state index in [0.717, 1.165) is 28.8 Å². The molecule has 3 aromatic rings. The molecule has 0 aliphatic rings. The standard InChI is InChI=1S/C26H26N2O9S2/c1-39(33,34)37-24(17-35-25(29)20-12-14-21(15-13-20)28(31)32)23(18-38-22-10-6-3-7-11-22)27-26(30)36-16-19-8-4-2-5-9-19/h2-15,23-24H,16-18H2,1H3,(H,27,30)/t23-,24?/m0/s1. The van der Waals surface area contributed by atoms with Crippen LogP contribution in [0.25, 0.3) is 0 Å². The van der Waals surface area contributed by atoms with Crippen LogP contribution in [-0.2, 0) is 30.4 Å². The number of nitro benzene ring substituents is 1. The number of alkyl carbamates (subject to hydrolysis) is 1. The van der Waals surface area contributed by atoms with Crippen LogP contribution in [0, 0.1) is 10.1 Å². The first-order chi connectivity index (χ1) is 18.6. The second-order valence-electron chi connectivity index (χ2n) is 8.18. The average molecular weight is 575 g/mol. The van der Waals surface area contributed by atoms with Crippen molar-refractivity contribution in [2.24, 2.45) is 0 Å². The van der Waals surface area contributed by atoms with Crippen LogP contribution < -0.4 is 5.32 Å². The first-order valence-electron chi connectivity index (χ1n) is 11.6. The number of carbonyl (C=O) groups excluding carboxylic acids is 2. The molecule has 3 rings (SSSR count). The monoisotopic (exact) mass is 574 g/mol. The minimum absolute atomic E-state index is 0.0159. The Kier molecular flexibility index (Phi) is 10.8. The zero-order valence-electron chi connectivity index (χ0n) is 20.8. The quantitative estimate of drug-likeness (QED) is 0.103. The Morgan fingerprint density at radius 3 is 2.15 bits per heavy atom. The number of non-ortho nitro benzene ring substituents is 1. The summed E-state index contributed by atoms with van der Waals surface area (Å²) in [4.78, 5) is 36.3. The van der Waals surface area contributed by atoms with Crippen LogP contribution in [0.3, 0.4) is 0 Å². The van der Waals surface area contributed by atoms with Crippen molar-refractivity contribution in [1.29, 1.82) is 0 Å². The number of nitrogens with zero attached hydrogens (tertiary/aromatic N) is 1. The summed E-state index contributed by atoms with van der Waals surface area (Å²) in [5.41, 5.74) is 0.564. The van der Waals surface area contributed by atoms with Gasteiger partial charge < -0.3 is 14.8 Å². The van der Waals surface area contributed by atoms with Gasteiger partial charge >= 0.3 is 12.1 Å². The topological polar surface area (TPSA) is 151 Å². The van der Waals surface area contributed by atoms with E-state index in [1.54, 1.807) is 24.3 Å². The maximum Gasteiger partial charge on any atom is 0.407 e. The van der Waals surface area contributed by atoms with Crippen molar-refractivity contribution in [2.75, 3.05) is 18.6 Å². The molecule has 0 heterocycles. The highest BCUT2D eigenvalue weighted by molar-refractivity contribution is 7.99. The number of benzene rings is 3. The van der Waals surface area contributed by atoms with Gasteiger partial charge in [-0.2, -0.15) is 8.42 Å². The molecular weight excluding hydrogens is 548 g/mol. The number of hydrogen-bond donors (Lipinski definition) is 1. The lowest BCUT2D eigenvalue weighted by molar-refractivity contribution is -0.384. The Hall–Kier alpha value is -3.94. The molecule has 1 amide bonds. The number of thioether (sulfide) groups is 1. The first-order valence-corrected chi connectivity index (χ1v) is 14.4. The molecule has 11 nitrogen and oxygen atoms in total. The highest BCUT2D eigenvalue weighted by Gasteiger charge is 2.30. The van der Waals surface area contributed by atoms with Gasteiger partial charge in [0.25, 0.3) is 15.8 Å². The molecule has 1 N–H and O–H groups in total. The van der Waals surface area contributed by atoms with Crippen molar-refractivity contribution in [3.63, 3.8) is 0 Å². The van der Waals surface area contributed by atoms with E-state index in [4.69, 9.17) is 13.7 Å². The zero-order valence-corrected chi connectivity index (χ0v) is 22.4. The van der Waals surface area contributed by atoms with Gasteiger partial charge in [-0.3, -0.25) is 14.3 Å². The molecule has 1 unspecified atom stereocenters. The largest absolute Gasteiger partial charge is 0.459 e. The van der Waals surface area contributed by atoms with Crippen molar-refractivity contribution < 1.29 is 36.6 Å². The van der Waals surface area contributed by atoms with Crippen LogP contribution in [-0.4, -0.2) is 56.2 Å². The number of esters is 1. The van der Waals surface area contributed by atoms with Gasteiger partial charge in [0.1, 0.15) is 19.3 Å². The number of carbonyl (C=O) groups is 2. The van der Waals surface area contributed by atoms with Gasteiger partial charge in [0.2, 0.25) is 0 Å². The summed E-state index contributed by atoms with van der Waals surface area (Å²) in [6.07, 6.45) is -1.28. The number of nitro groups is 1.